The van der Waals surface area contributed by atoms with Crippen molar-refractivity contribution < 1.29 is 17.9 Å². The first-order chi connectivity index (χ1) is 8.97. The standard InChI is InChI=1S/C12H19FN2O3S/c1-2-5-15(6-7-16)19(17,18)11-3-4-12(13)10(8-11)9-14/h3-4,8,16H,2,5-7,9,14H2,1H3. The number of aliphatic hydroxyl groups excluding tert-OH is 1. The van der Waals surface area contributed by atoms with Gasteiger partial charge in [-0.2, -0.15) is 4.31 Å². The first-order valence-corrected chi connectivity index (χ1v) is 7.50. The highest BCUT2D eigenvalue weighted by molar-refractivity contribution is 7.89. The second kappa shape index (κ2) is 6.95. The Morgan fingerprint density at radius 3 is 2.58 bits per heavy atom. The number of halogens is 1. The van der Waals surface area contributed by atoms with Crippen LogP contribution >= 0.6 is 0 Å². The smallest absolute Gasteiger partial charge is 0.243 e. The summed E-state index contributed by atoms with van der Waals surface area (Å²) in [6.07, 6.45) is 0.629. The van der Waals surface area contributed by atoms with Crippen molar-refractivity contribution in [3.63, 3.8) is 0 Å². The first-order valence-electron chi connectivity index (χ1n) is 6.06. The highest BCUT2D eigenvalue weighted by Gasteiger charge is 2.24. The number of sulfonamides is 1. The molecule has 0 aliphatic carbocycles. The summed E-state index contributed by atoms with van der Waals surface area (Å²) in [6, 6.07) is 3.55. The molecule has 0 aromatic heterocycles. The van der Waals surface area contributed by atoms with E-state index in [1.165, 1.54) is 16.4 Å². The lowest BCUT2D eigenvalue weighted by molar-refractivity contribution is 0.253. The Hall–Kier alpha value is -1.02. The van der Waals surface area contributed by atoms with Gasteiger partial charge in [0.25, 0.3) is 0 Å². The molecule has 1 aromatic rings. The topological polar surface area (TPSA) is 83.6 Å². The second-order valence-electron chi connectivity index (χ2n) is 4.09. The maximum Gasteiger partial charge on any atom is 0.243 e. The lowest BCUT2D eigenvalue weighted by Gasteiger charge is -2.21. The van der Waals surface area contributed by atoms with Crippen LogP contribution in [0.5, 0.6) is 0 Å². The fourth-order valence-electron chi connectivity index (χ4n) is 1.73. The van der Waals surface area contributed by atoms with Crippen LogP contribution in [0.1, 0.15) is 18.9 Å². The van der Waals surface area contributed by atoms with E-state index >= 15 is 0 Å². The molecule has 0 heterocycles. The first kappa shape index (κ1) is 16.0. The normalized spacial score (nSPS) is 12.1. The summed E-state index contributed by atoms with van der Waals surface area (Å²) in [4.78, 5) is -0.00347. The van der Waals surface area contributed by atoms with Crippen LogP contribution < -0.4 is 5.73 Å². The third-order valence-corrected chi connectivity index (χ3v) is 4.59. The summed E-state index contributed by atoms with van der Waals surface area (Å²) in [6.45, 7) is 1.84. The third-order valence-electron chi connectivity index (χ3n) is 2.70. The average Bonchev–Trinajstić information content (AvgIpc) is 2.38. The Morgan fingerprint density at radius 2 is 2.05 bits per heavy atom. The zero-order chi connectivity index (χ0) is 14.5. The van der Waals surface area contributed by atoms with Gasteiger partial charge in [0, 0.05) is 25.2 Å². The van der Waals surface area contributed by atoms with Crippen molar-refractivity contribution in [2.75, 3.05) is 19.7 Å². The molecule has 1 aromatic carbocycles. The Balaban J connectivity index is 3.17. The number of hydrogen-bond acceptors (Lipinski definition) is 4. The van der Waals surface area contributed by atoms with Crippen molar-refractivity contribution >= 4 is 10.0 Å². The number of hydrogen-bond donors (Lipinski definition) is 2. The average molecular weight is 290 g/mol. The molecule has 0 aliphatic heterocycles. The van der Waals surface area contributed by atoms with Crippen LogP contribution in [0.25, 0.3) is 0 Å². The SMILES string of the molecule is CCCN(CCO)S(=O)(=O)c1ccc(F)c(CN)c1. The van der Waals surface area contributed by atoms with Crippen LogP contribution in [0.2, 0.25) is 0 Å². The summed E-state index contributed by atoms with van der Waals surface area (Å²) >= 11 is 0. The van der Waals surface area contributed by atoms with Crippen LogP contribution in [-0.2, 0) is 16.6 Å². The van der Waals surface area contributed by atoms with E-state index in [0.29, 0.717) is 13.0 Å². The van der Waals surface area contributed by atoms with E-state index in [1.54, 1.807) is 0 Å². The van der Waals surface area contributed by atoms with Crippen LogP contribution in [0, 0.1) is 5.82 Å². The summed E-state index contributed by atoms with van der Waals surface area (Å²) < 4.78 is 39.2. The molecule has 0 bridgehead atoms. The molecular weight excluding hydrogens is 271 g/mol. The van der Waals surface area contributed by atoms with E-state index in [-0.39, 0.29) is 30.2 Å². The third kappa shape index (κ3) is 3.73. The fourth-order valence-corrected chi connectivity index (χ4v) is 3.30. The molecule has 19 heavy (non-hydrogen) atoms. The predicted molar refractivity (Wildman–Crippen MR) is 70.4 cm³/mol. The van der Waals surface area contributed by atoms with Crippen molar-refractivity contribution in [2.24, 2.45) is 5.73 Å². The van der Waals surface area contributed by atoms with Gasteiger partial charge in [-0.05, 0) is 24.6 Å². The van der Waals surface area contributed by atoms with Gasteiger partial charge in [-0.1, -0.05) is 6.92 Å². The number of nitrogens with two attached hydrogens (primary N) is 1. The van der Waals surface area contributed by atoms with E-state index in [2.05, 4.69) is 0 Å². The van der Waals surface area contributed by atoms with Crippen molar-refractivity contribution in [3.8, 4) is 0 Å². The number of aliphatic hydroxyl groups is 1. The van der Waals surface area contributed by atoms with E-state index in [1.807, 2.05) is 6.92 Å². The zero-order valence-electron chi connectivity index (χ0n) is 10.8. The van der Waals surface area contributed by atoms with Crippen molar-refractivity contribution in [2.45, 2.75) is 24.8 Å². The molecule has 0 aliphatic rings. The highest BCUT2D eigenvalue weighted by atomic mass is 32.2. The molecule has 0 atom stereocenters. The maximum absolute atomic E-state index is 13.3. The van der Waals surface area contributed by atoms with Crippen LogP contribution in [0.4, 0.5) is 4.39 Å². The number of nitrogens with zero attached hydrogens (tertiary/aromatic N) is 1. The van der Waals surface area contributed by atoms with Crippen molar-refractivity contribution in [3.05, 3.63) is 29.6 Å². The second-order valence-corrected chi connectivity index (χ2v) is 6.02. The van der Waals surface area contributed by atoms with Gasteiger partial charge in [0.1, 0.15) is 5.82 Å². The molecule has 1 rings (SSSR count). The van der Waals surface area contributed by atoms with Gasteiger partial charge >= 0.3 is 0 Å². The van der Waals surface area contributed by atoms with E-state index < -0.39 is 15.8 Å². The maximum atomic E-state index is 13.3. The minimum Gasteiger partial charge on any atom is -0.395 e. The molecule has 0 saturated heterocycles. The summed E-state index contributed by atoms with van der Waals surface area (Å²) in [5.74, 6) is -0.523. The van der Waals surface area contributed by atoms with E-state index in [9.17, 15) is 12.8 Å². The highest BCUT2D eigenvalue weighted by Crippen LogP contribution is 2.19. The van der Waals surface area contributed by atoms with Crippen molar-refractivity contribution in [1.29, 1.82) is 0 Å². The van der Waals surface area contributed by atoms with Crippen LogP contribution in [-0.4, -0.2) is 37.5 Å². The zero-order valence-corrected chi connectivity index (χ0v) is 11.7. The number of rotatable bonds is 7. The molecule has 0 amide bonds. The predicted octanol–water partition coefficient (Wildman–Crippen LogP) is 0.677. The Morgan fingerprint density at radius 1 is 1.37 bits per heavy atom. The fraction of sp³-hybridized carbons (Fsp3) is 0.500. The lowest BCUT2D eigenvalue weighted by atomic mass is 10.2. The molecule has 5 nitrogen and oxygen atoms in total. The van der Waals surface area contributed by atoms with Gasteiger partial charge in [0.15, 0.2) is 0 Å². The Kier molecular flexibility index (Phi) is 5.86. The van der Waals surface area contributed by atoms with Gasteiger partial charge in [0.2, 0.25) is 10.0 Å². The van der Waals surface area contributed by atoms with Gasteiger partial charge in [-0.25, -0.2) is 12.8 Å². The molecule has 0 fully saturated rings. The Labute approximate surface area is 112 Å². The molecule has 3 N–H and O–H groups in total. The lowest BCUT2D eigenvalue weighted by Crippen LogP contribution is -2.34. The summed E-state index contributed by atoms with van der Waals surface area (Å²) in [5.41, 5.74) is 5.52. The minimum atomic E-state index is -3.72. The van der Waals surface area contributed by atoms with Crippen LogP contribution in [0.15, 0.2) is 23.1 Å². The van der Waals surface area contributed by atoms with Crippen molar-refractivity contribution in [1.82, 2.24) is 4.31 Å². The van der Waals surface area contributed by atoms with Gasteiger partial charge < -0.3 is 10.8 Å². The van der Waals surface area contributed by atoms with Gasteiger partial charge in [0.05, 0.1) is 11.5 Å². The van der Waals surface area contributed by atoms with E-state index in [0.717, 1.165) is 6.07 Å². The van der Waals surface area contributed by atoms with E-state index in [4.69, 9.17) is 10.8 Å². The monoisotopic (exact) mass is 290 g/mol. The van der Waals surface area contributed by atoms with Gasteiger partial charge in [-0.3, -0.25) is 0 Å². The molecular formula is C12H19FN2O3S. The Bertz CT molecular complexity index is 514. The molecule has 0 unspecified atom stereocenters. The largest absolute Gasteiger partial charge is 0.395 e. The summed E-state index contributed by atoms with van der Waals surface area (Å²) in [7, 11) is -3.72. The molecule has 0 spiro atoms. The molecule has 7 heteroatoms. The quantitative estimate of drug-likeness (QED) is 0.773. The van der Waals surface area contributed by atoms with Gasteiger partial charge in [-0.15, -0.1) is 0 Å². The number of benzene rings is 1. The summed E-state index contributed by atoms with van der Waals surface area (Å²) in [5, 5.41) is 8.93. The molecule has 108 valence electrons. The molecule has 0 radical (unpaired) electrons. The van der Waals surface area contributed by atoms with Crippen LogP contribution in [0.3, 0.4) is 0 Å². The molecule has 0 saturated carbocycles. The minimum absolute atomic E-state index is 0.00347.